The molecule has 5 N–H and O–H groups in total. The summed E-state index contributed by atoms with van der Waals surface area (Å²) < 4.78 is 21.0. The Labute approximate surface area is 189 Å². The number of hydrogen-bond donors (Lipinski definition) is 4. The molecule has 0 spiro atoms. The Morgan fingerprint density at radius 3 is 2.65 bits per heavy atom. The topological polar surface area (TPSA) is 212 Å². The van der Waals surface area contributed by atoms with E-state index in [1.807, 2.05) is 0 Å². The van der Waals surface area contributed by atoms with Crippen molar-refractivity contribution in [3.05, 3.63) is 16.7 Å². The van der Waals surface area contributed by atoms with E-state index in [0.717, 1.165) is 10.9 Å². The largest absolute Gasteiger partial charge is 1.00 e. The number of ether oxygens (including phenoxy) is 1. The van der Waals surface area contributed by atoms with Crippen molar-refractivity contribution in [1.82, 2.24) is 19.5 Å². The fraction of sp³-hybridized carbons (Fsp3) is 0.500. The van der Waals surface area contributed by atoms with Crippen LogP contribution >= 0.6 is 7.82 Å². The summed E-state index contributed by atoms with van der Waals surface area (Å²) in [6, 6.07) is 0. The summed E-state index contributed by atoms with van der Waals surface area (Å²) in [5, 5.41) is 20.0. The zero-order valence-electron chi connectivity index (χ0n) is 13.8. The van der Waals surface area contributed by atoms with Gasteiger partial charge in [-0.2, -0.15) is 4.98 Å². The molecule has 13 nitrogen and oxygen atoms in total. The number of nitrogens with zero attached hydrogens (tertiary/aromatic N) is 3. The third kappa shape index (κ3) is 4.94. The second-order valence-electron chi connectivity index (χ2n) is 5.06. The molecule has 3 unspecified atom stereocenters. The molecular weight excluding hydrogens is 395 g/mol. The predicted octanol–water partition coefficient (Wildman–Crippen LogP) is -9.83. The Morgan fingerprint density at radius 1 is 1.38 bits per heavy atom. The van der Waals surface area contributed by atoms with Crippen LogP contribution in [0.2, 0.25) is 0 Å². The smallest absolute Gasteiger partial charge is 0.790 e. The van der Waals surface area contributed by atoms with Crippen molar-refractivity contribution in [2.75, 3.05) is 12.3 Å². The van der Waals surface area contributed by atoms with E-state index in [2.05, 4.69) is 19.5 Å². The van der Waals surface area contributed by atoms with E-state index < -0.39 is 44.5 Å². The zero-order valence-corrected chi connectivity index (χ0v) is 18.7. The van der Waals surface area contributed by atoms with Gasteiger partial charge in [0.1, 0.15) is 18.3 Å². The average Bonchev–Trinajstić information content (AvgIpc) is 3.00. The number of nitrogens with two attached hydrogens (primary N) is 1. The van der Waals surface area contributed by atoms with Crippen LogP contribution in [0, 0.1) is 0 Å². The summed E-state index contributed by atoms with van der Waals surface area (Å²) in [6.07, 6.45) is -4.46. The molecule has 1 aliphatic heterocycles. The van der Waals surface area contributed by atoms with Gasteiger partial charge in [-0.1, -0.05) is 0 Å². The van der Waals surface area contributed by atoms with Crippen molar-refractivity contribution < 1.29 is 92.9 Å². The van der Waals surface area contributed by atoms with Gasteiger partial charge in [-0.05, 0) is 0 Å². The number of nitrogen functional groups attached to an aromatic ring is 1. The summed E-state index contributed by atoms with van der Waals surface area (Å²) in [5.41, 5.74) is 4.77. The van der Waals surface area contributed by atoms with Crippen LogP contribution in [0.3, 0.4) is 0 Å². The maximum absolute atomic E-state index is 11.7. The molecule has 4 atom stereocenters. The number of imidazole rings is 1. The van der Waals surface area contributed by atoms with Crippen LogP contribution in [0.1, 0.15) is 6.23 Å². The molecule has 0 saturated carbocycles. The fourth-order valence-electron chi connectivity index (χ4n) is 2.39. The van der Waals surface area contributed by atoms with Crippen LogP contribution in [0.15, 0.2) is 11.1 Å². The van der Waals surface area contributed by atoms with Crippen molar-refractivity contribution in [3.8, 4) is 0 Å². The van der Waals surface area contributed by atoms with Gasteiger partial charge in [0.05, 0.1) is 20.8 Å². The molecule has 1 fully saturated rings. The molecule has 0 amide bonds. The second kappa shape index (κ2) is 9.09. The van der Waals surface area contributed by atoms with E-state index >= 15 is 0 Å². The Bertz CT molecular complexity index is 871. The van der Waals surface area contributed by atoms with Gasteiger partial charge >= 0.3 is 59.1 Å². The molecule has 0 aromatic carbocycles. The van der Waals surface area contributed by atoms with E-state index in [4.69, 9.17) is 10.5 Å². The number of nitrogens with one attached hydrogen (secondary N) is 1. The number of H-pyrrole nitrogens is 1. The molecule has 0 bridgehead atoms. The fourth-order valence-corrected chi connectivity index (χ4v) is 2.72. The van der Waals surface area contributed by atoms with Crippen LogP contribution in [0.4, 0.5) is 5.95 Å². The molecule has 26 heavy (non-hydrogen) atoms. The summed E-state index contributed by atoms with van der Waals surface area (Å²) in [5.74, 6) is -0.194. The first kappa shape index (κ1) is 24.2. The number of anilines is 1. The average molecular weight is 407 g/mol. The molecule has 16 heteroatoms. The van der Waals surface area contributed by atoms with Crippen LogP contribution in [0.25, 0.3) is 11.2 Å². The molecule has 3 rings (SSSR count). The first-order chi connectivity index (χ1) is 11.2. The molecule has 2 aromatic heterocycles. The van der Waals surface area contributed by atoms with E-state index in [0.29, 0.717) is 0 Å². The van der Waals surface area contributed by atoms with E-state index in [1.54, 1.807) is 0 Å². The maximum Gasteiger partial charge on any atom is 1.00 e. The number of aliphatic hydroxyl groups excluding tert-OH is 2. The summed E-state index contributed by atoms with van der Waals surface area (Å²) in [7, 11) is -5.26. The monoisotopic (exact) mass is 407 g/mol. The van der Waals surface area contributed by atoms with Crippen LogP contribution in [0.5, 0.6) is 0 Å². The van der Waals surface area contributed by atoms with Gasteiger partial charge in [0.2, 0.25) is 5.95 Å². The third-order valence-electron chi connectivity index (χ3n) is 3.46. The minimum Gasteiger partial charge on any atom is -0.790 e. The van der Waals surface area contributed by atoms with Crippen molar-refractivity contribution >= 4 is 24.9 Å². The quantitative estimate of drug-likeness (QED) is 0.276. The van der Waals surface area contributed by atoms with Crippen molar-refractivity contribution in [3.63, 3.8) is 0 Å². The molecular formula is C10H12N5Na2O8P. The van der Waals surface area contributed by atoms with Gasteiger partial charge in [0, 0.05) is 0 Å². The number of phosphoric ester groups is 1. The first-order valence-corrected chi connectivity index (χ1v) is 8.04. The molecule has 132 valence electrons. The number of fused-ring (bicyclic) bond motifs is 1. The minimum atomic E-state index is -5.26. The van der Waals surface area contributed by atoms with Gasteiger partial charge in [-0.3, -0.25) is 14.3 Å². The molecule has 0 aliphatic carbocycles. The summed E-state index contributed by atoms with van der Waals surface area (Å²) in [6.45, 7) is -0.776. The van der Waals surface area contributed by atoms with E-state index in [1.165, 1.54) is 0 Å². The van der Waals surface area contributed by atoms with Gasteiger partial charge in [-0.15, -0.1) is 0 Å². The van der Waals surface area contributed by atoms with Crippen molar-refractivity contribution in [1.29, 1.82) is 0 Å². The van der Waals surface area contributed by atoms with E-state index in [-0.39, 0.29) is 76.2 Å². The van der Waals surface area contributed by atoms with Crippen LogP contribution < -0.4 is 80.2 Å². The van der Waals surface area contributed by atoms with Crippen LogP contribution in [-0.4, -0.2) is 54.7 Å². The standard InChI is InChI=1S/C10H14N5O8P.2Na/c11-10-13-7-4(8(18)14-10)12-2-15(7)9-6(17)5(16)3(23-9)1-22-24(19,20)21;;/h2-3,5-6,9,16-17H,1H2,(H2,19,20,21)(H3,11,13,14,18);;/q;2*+1/p-2/t3?,5?,6?,9-;;/m1../s1. The second-order valence-corrected chi connectivity index (χ2v) is 6.22. The minimum absolute atomic E-state index is 0. The molecule has 2 aromatic rings. The Balaban J connectivity index is 0.00000169. The molecule has 3 heterocycles. The summed E-state index contributed by atoms with van der Waals surface area (Å²) in [4.78, 5) is 42.7. The molecule has 1 saturated heterocycles. The van der Waals surface area contributed by atoms with Gasteiger partial charge in [-0.25, -0.2) is 4.98 Å². The van der Waals surface area contributed by atoms with Crippen LogP contribution in [-0.2, 0) is 13.8 Å². The maximum atomic E-state index is 11.7. The van der Waals surface area contributed by atoms with E-state index in [9.17, 15) is 29.4 Å². The number of phosphoric acid groups is 1. The number of rotatable bonds is 4. The van der Waals surface area contributed by atoms with Gasteiger partial charge in [0.25, 0.3) is 5.56 Å². The molecule has 0 radical (unpaired) electrons. The van der Waals surface area contributed by atoms with Gasteiger partial charge < -0.3 is 39.6 Å². The number of aliphatic hydroxyl groups is 2. The van der Waals surface area contributed by atoms with Gasteiger partial charge in [0.15, 0.2) is 17.4 Å². The predicted molar refractivity (Wildman–Crippen MR) is 72.0 cm³/mol. The number of aromatic amines is 1. The number of hydrogen-bond acceptors (Lipinski definition) is 11. The Morgan fingerprint density at radius 2 is 2.04 bits per heavy atom. The Hall–Kier alpha value is 0.140. The first-order valence-electron chi connectivity index (χ1n) is 6.58. The summed E-state index contributed by atoms with van der Waals surface area (Å²) >= 11 is 0. The Kier molecular flexibility index (Phi) is 8.46. The zero-order chi connectivity index (χ0) is 17.6. The number of aromatic nitrogens is 4. The third-order valence-corrected chi connectivity index (χ3v) is 3.92. The normalized spacial score (nSPS) is 25.7. The van der Waals surface area contributed by atoms with Crippen molar-refractivity contribution in [2.24, 2.45) is 0 Å². The van der Waals surface area contributed by atoms with Crippen molar-refractivity contribution in [2.45, 2.75) is 24.5 Å². The SMILES string of the molecule is Nc1nc2c(ncn2[C@@H]2OC(COP(=O)([O-])[O-])C(O)C2O)c(=O)[nH]1.[Na+].[Na+]. The molecule has 1 aliphatic rings.